The normalized spacial score (nSPS) is 15.5. The number of carbonyl (C=O) groups excluding carboxylic acids is 2. The number of aromatic hydroxyl groups is 4. The Hall–Kier alpha value is -7.92. The fourth-order valence-corrected chi connectivity index (χ4v) is 11.3. The minimum absolute atomic E-state index is 0.00527. The van der Waals surface area contributed by atoms with Crippen molar-refractivity contribution in [1.29, 1.82) is 0 Å². The molecular formula is C60H71N11O6. The van der Waals surface area contributed by atoms with Gasteiger partial charge in [0.2, 0.25) is 17.8 Å². The Kier molecular flexibility index (Phi) is 15.2. The molecule has 10 rings (SSSR count). The van der Waals surface area contributed by atoms with Gasteiger partial charge in [-0.25, -0.2) is 9.55 Å². The third kappa shape index (κ3) is 11.6. The number of piperidine rings is 1. The molecule has 2 fully saturated rings. The van der Waals surface area contributed by atoms with Crippen molar-refractivity contribution >= 4 is 40.0 Å². The lowest BCUT2D eigenvalue weighted by Gasteiger charge is -2.38. The number of piperazine rings is 1. The lowest BCUT2D eigenvalue weighted by Crippen LogP contribution is -2.49. The van der Waals surface area contributed by atoms with Crippen LogP contribution in [0.3, 0.4) is 0 Å². The number of phenols is 3. The molecule has 0 unspecified atom stereocenters. The zero-order chi connectivity index (χ0) is 54.0. The third-order valence-electron chi connectivity index (χ3n) is 15.7. The monoisotopic (exact) mass is 1040 g/mol. The molecule has 5 heterocycles. The van der Waals surface area contributed by atoms with E-state index in [4.69, 9.17) is 9.97 Å². The van der Waals surface area contributed by atoms with Gasteiger partial charge in [-0.05, 0) is 116 Å². The van der Waals surface area contributed by atoms with Crippen molar-refractivity contribution in [2.45, 2.75) is 97.7 Å². The van der Waals surface area contributed by atoms with Gasteiger partial charge in [-0.2, -0.15) is 4.98 Å². The Morgan fingerprint density at radius 3 is 2.23 bits per heavy atom. The van der Waals surface area contributed by atoms with Crippen LogP contribution in [0.5, 0.6) is 23.3 Å². The van der Waals surface area contributed by atoms with Crippen LogP contribution < -0.4 is 20.4 Å². The van der Waals surface area contributed by atoms with Crippen LogP contribution in [0.4, 0.5) is 17.5 Å². The number of anilines is 3. The van der Waals surface area contributed by atoms with E-state index in [0.29, 0.717) is 74.4 Å². The van der Waals surface area contributed by atoms with Crippen molar-refractivity contribution in [3.63, 3.8) is 0 Å². The molecule has 0 atom stereocenters. The second-order valence-electron chi connectivity index (χ2n) is 21.8. The Bertz CT molecular complexity index is 3250. The molecule has 3 aliphatic rings. The molecule has 17 heteroatoms. The van der Waals surface area contributed by atoms with Crippen LogP contribution in [-0.4, -0.2) is 119 Å². The minimum atomic E-state index is -0.603. The molecule has 2 amide bonds. The summed E-state index contributed by atoms with van der Waals surface area (Å²) in [7, 11) is 0. The van der Waals surface area contributed by atoms with Crippen molar-refractivity contribution in [3.05, 3.63) is 131 Å². The average molecular weight is 1040 g/mol. The Morgan fingerprint density at radius 1 is 0.779 bits per heavy atom. The number of aromatic nitrogens is 5. The molecule has 0 saturated carbocycles. The van der Waals surface area contributed by atoms with Gasteiger partial charge in [-0.3, -0.25) is 14.5 Å². The molecule has 0 bridgehead atoms. The second-order valence-corrected chi connectivity index (χ2v) is 21.8. The van der Waals surface area contributed by atoms with E-state index in [1.165, 1.54) is 21.8 Å². The SMILES string of the molecule is CCC(=O)N1CCN(c2nc(NCCC(=O)NC(C)(C)c3ccc(CN4CCC(Cc5ccc(-n6c(O)nnc6-c6cc(C(C)C)c(O)cc6O)cc5)CC4)cc3)nc3c2CCN(c2cc(O)cc4ccccc24)C3)CC1. The highest BCUT2D eigenvalue weighted by molar-refractivity contribution is 5.96. The van der Waals surface area contributed by atoms with Crippen LogP contribution >= 0.6 is 0 Å². The van der Waals surface area contributed by atoms with E-state index in [1.807, 2.05) is 75.9 Å². The number of rotatable bonds is 16. The maximum absolute atomic E-state index is 13.6. The van der Waals surface area contributed by atoms with Gasteiger partial charge in [0.1, 0.15) is 23.1 Å². The molecule has 6 N–H and O–H groups in total. The quantitative estimate of drug-likeness (QED) is 0.0535. The van der Waals surface area contributed by atoms with Gasteiger partial charge in [0, 0.05) is 87.4 Å². The second kappa shape index (κ2) is 22.3. The average Bonchev–Trinajstić information content (AvgIpc) is 3.82. The van der Waals surface area contributed by atoms with Crippen LogP contribution in [0.15, 0.2) is 97.1 Å². The highest BCUT2D eigenvalue weighted by Crippen LogP contribution is 2.40. The zero-order valence-electron chi connectivity index (χ0n) is 44.8. The molecule has 2 aromatic heterocycles. The number of phenolic OH excluding ortho intramolecular Hbond substituents is 3. The van der Waals surface area contributed by atoms with Gasteiger partial charge < -0.3 is 45.8 Å². The first-order chi connectivity index (χ1) is 37.1. The molecule has 0 radical (unpaired) electrons. The number of hydrogen-bond acceptors (Lipinski definition) is 14. The summed E-state index contributed by atoms with van der Waals surface area (Å²) in [5, 5.41) is 59.2. The Balaban J connectivity index is 0.717. The van der Waals surface area contributed by atoms with Crippen LogP contribution in [0, 0.1) is 5.92 Å². The van der Waals surface area contributed by atoms with Gasteiger partial charge in [0.25, 0.3) is 0 Å². The van der Waals surface area contributed by atoms with Crippen molar-refractivity contribution in [2.24, 2.45) is 5.92 Å². The molecule has 402 valence electrons. The standard InChI is InChI=1S/C60H71N11O6/c1-6-55(76)68-27-29-69(30-28-68)56-47-22-26-70(51-33-45(72)32-42-9-7-8-10-46(42)51)37-50(47)62-58(63-56)61-23-19-54(75)64-60(4,5)43-15-11-41(12-16-43)36-67-24-20-40(21-25-67)31-39-13-17-44(18-14-39)71-57(65-66-59(71)77)49-34-48(38(2)3)52(73)35-53(49)74/h7-18,32-35,38,40,72-74H,6,19-31,36-37H2,1-5H3,(H,64,75)(H,66,77)(H,61,62,63). The van der Waals surface area contributed by atoms with E-state index in [0.717, 1.165) is 91.0 Å². The fourth-order valence-electron chi connectivity index (χ4n) is 11.3. The molecule has 3 aliphatic heterocycles. The number of nitrogens with one attached hydrogen (secondary N) is 2. The molecule has 2 saturated heterocycles. The predicted octanol–water partition coefficient (Wildman–Crippen LogP) is 8.75. The first-order valence-corrected chi connectivity index (χ1v) is 27.2. The van der Waals surface area contributed by atoms with Gasteiger partial charge in [-0.1, -0.05) is 86.5 Å². The third-order valence-corrected chi connectivity index (χ3v) is 15.7. The fraction of sp³-hybridized carbons (Fsp3) is 0.400. The minimum Gasteiger partial charge on any atom is -0.508 e. The number of fused-ring (bicyclic) bond motifs is 2. The van der Waals surface area contributed by atoms with Gasteiger partial charge in [0.15, 0.2) is 5.82 Å². The Morgan fingerprint density at radius 2 is 1.51 bits per heavy atom. The first kappa shape index (κ1) is 52.5. The maximum Gasteiger partial charge on any atom is 0.319 e. The summed E-state index contributed by atoms with van der Waals surface area (Å²) in [5.74, 6) is 2.32. The van der Waals surface area contributed by atoms with Crippen molar-refractivity contribution in [3.8, 4) is 40.3 Å². The summed E-state index contributed by atoms with van der Waals surface area (Å²) in [4.78, 5) is 45.2. The highest BCUT2D eigenvalue weighted by atomic mass is 16.3. The summed E-state index contributed by atoms with van der Waals surface area (Å²) < 4.78 is 1.50. The van der Waals surface area contributed by atoms with E-state index in [-0.39, 0.29) is 53.2 Å². The van der Waals surface area contributed by atoms with Gasteiger partial charge >= 0.3 is 6.01 Å². The summed E-state index contributed by atoms with van der Waals surface area (Å²) in [6.07, 6.45) is 4.54. The maximum atomic E-state index is 13.6. The number of hydrogen-bond donors (Lipinski definition) is 6. The van der Waals surface area contributed by atoms with Crippen LogP contribution in [0.25, 0.3) is 27.8 Å². The number of nitrogens with zero attached hydrogens (tertiary/aromatic N) is 9. The predicted molar refractivity (Wildman–Crippen MR) is 300 cm³/mol. The lowest BCUT2D eigenvalue weighted by molar-refractivity contribution is -0.131. The smallest absolute Gasteiger partial charge is 0.319 e. The topological polar surface area (TPSA) is 209 Å². The number of amides is 2. The number of likely N-dealkylation sites (tertiary alicyclic amines) is 1. The summed E-state index contributed by atoms with van der Waals surface area (Å²) in [5.41, 5.74) is 7.51. The zero-order valence-corrected chi connectivity index (χ0v) is 44.8. The molecule has 5 aromatic carbocycles. The van der Waals surface area contributed by atoms with Crippen LogP contribution in [-0.2, 0) is 41.1 Å². The van der Waals surface area contributed by atoms with Crippen LogP contribution in [0.1, 0.15) is 99.7 Å². The summed E-state index contributed by atoms with van der Waals surface area (Å²) in [6, 6.07) is 31.0. The van der Waals surface area contributed by atoms with Crippen molar-refractivity contribution in [1.82, 2.24) is 39.8 Å². The molecule has 77 heavy (non-hydrogen) atoms. The van der Waals surface area contributed by atoms with Gasteiger partial charge in [0.05, 0.1) is 29.0 Å². The van der Waals surface area contributed by atoms with E-state index < -0.39 is 5.54 Å². The van der Waals surface area contributed by atoms with Crippen molar-refractivity contribution in [2.75, 3.05) is 67.5 Å². The largest absolute Gasteiger partial charge is 0.508 e. The highest BCUT2D eigenvalue weighted by Gasteiger charge is 2.30. The summed E-state index contributed by atoms with van der Waals surface area (Å²) in [6.45, 7) is 16.9. The van der Waals surface area contributed by atoms with E-state index >= 15 is 0 Å². The summed E-state index contributed by atoms with van der Waals surface area (Å²) >= 11 is 0. The molecular weight excluding hydrogens is 971 g/mol. The molecule has 0 aliphatic carbocycles. The molecule has 17 nitrogen and oxygen atoms in total. The number of carbonyl (C=O) groups is 2. The van der Waals surface area contributed by atoms with Crippen LogP contribution in [0.2, 0.25) is 0 Å². The van der Waals surface area contributed by atoms with Crippen molar-refractivity contribution < 1.29 is 30.0 Å². The number of benzene rings is 5. The molecule has 0 spiro atoms. The molecule has 7 aromatic rings. The first-order valence-electron chi connectivity index (χ1n) is 27.2. The van der Waals surface area contributed by atoms with E-state index in [1.54, 1.807) is 12.1 Å². The lowest BCUT2D eigenvalue weighted by atomic mass is 9.89. The van der Waals surface area contributed by atoms with E-state index in [2.05, 4.69) is 78.0 Å². The van der Waals surface area contributed by atoms with Gasteiger partial charge in [-0.15, -0.1) is 5.10 Å². The Labute approximate surface area is 450 Å². The van der Waals surface area contributed by atoms with E-state index in [9.17, 15) is 30.0 Å².